The molecule has 1 aromatic heterocycles. The van der Waals surface area contributed by atoms with Gasteiger partial charge in [0.15, 0.2) is 5.96 Å². The van der Waals surface area contributed by atoms with Crippen LogP contribution in [0.2, 0.25) is 0 Å². The fourth-order valence-electron chi connectivity index (χ4n) is 3.58. The number of halogens is 1. The minimum Gasteiger partial charge on any atom is -0.474 e. The molecule has 0 spiro atoms. The van der Waals surface area contributed by atoms with Crippen LogP contribution in [0.5, 0.6) is 5.88 Å². The van der Waals surface area contributed by atoms with Crippen LogP contribution < -0.4 is 15.4 Å². The van der Waals surface area contributed by atoms with Crippen LogP contribution in [0.4, 0.5) is 0 Å². The van der Waals surface area contributed by atoms with Crippen LogP contribution in [-0.4, -0.2) is 30.1 Å². The van der Waals surface area contributed by atoms with Crippen LogP contribution in [0, 0.1) is 0 Å². The molecule has 2 fully saturated rings. The summed E-state index contributed by atoms with van der Waals surface area (Å²) >= 11 is 0. The molecule has 0 amide bonds. The van der Waals surface area contributed by atoms with Crippen molar-refractivity contribution in [1.82, 2.24) is 15.6 Å². The highest BCUT2D eigenvalue weighted by molar-refractivity contribution is 14.0. The molecular weight excluding hydrogens is 427 g/mol. The molecule has 0 aliphatic heterocycles. The van der Waals surface area contributed by atoms with Gasteiger partial charge < -0.3 is 15.4 Å². The summed E-state index contributed by atoms with van der Waals surface area (Å²) in [4.78, 5) is 8.77. The second-order valence-corrected chi connectivity index (χ2v) is 6.93. The molecule has 1 aromatic rings. The molecular formula is C19H31IN4O. The van der Waals surface area contributed by atoms with Crippen molar-refractivity contribution >= 4 is 29.9 Å². The molecule has 6 heteroatoms. The molecule has 2 aliphatic carbocycles. The van der Waals surface area contributed by atoms with Crippen LogP contribution in [0.3, 0.4) is 0 Å². The minimum atomic E-state index is 0. The maximum atomic E-state index is 5.98. The number of ether oxygens (including phenoxy) is 1. The standard InChI is InChI=1S/C19H30N4O.HI/c1-20-19(23-16-7-5-6-8-16)22-14-15-11-12-18(21-13-15)24-17-9-3-2-4-10-17;/h11-13,16-17H,2-10,14H2,1H3,(H2,20,22,23);1H. The Morgan fingerprint density at radius 2 is 1.84 bits per heavy atom. The molecule has 0 radical (unpaired) electrons. The summed E-state index contributed by atoms with van der Waals surface area (Å²) < 4.78 is 5.98. The average Bonchev–Trinajstić information content (AvgIpc) is 3.14. The van der Waals surface area contributed by atoms with Gasteiger partial charge in [-0.1, -0.05) is 25.3 Å². The lowest BCUT2D eigenvalue weighted by Gasteiger charge is -2.22. The van der Waals surface area contributed by atoms with E-state index in [1.807, 2.05) is 19.3 Å². The van der Waals surface area contributed by atoms with Gasteiger partial charge in [-0.05, 0) is 44.1 Å². The van der Waals surface area contributed by atoms with Crippen LogP contribution in [0.1, 0.15) is 63.4 Å². The first-order valence-electron chi connectivity index (χ1n) is 9.42. The average molecular weight is 458 g/mol. The van der Waals surface area contributed by atoms with Gasteiger partial charge in [0.25, 0.3) is 0 Å². The molecule has 1 heterocycles. The van der Waals surface area contributed by atoms with Crippen molar-refractivity contribution in [1.29, 1.82) is 0 Å². The lowest BCUT2D eigenvalue weighted by molar-refractivity contribution is 0.148. The molecule has 2 aliphatic rings. The molecule has 0 unspecified atom stereocenters. The summed E-state index contributed by atoms with van der Waals surface area (Å²) in [6, 6.07) is 4.64. The number of aromatic nitrogens is 1. The summed E-state index contributed by atoms with van der Waals surface area (Å²) in [6.07, 6.45) is 13.6. The van der Waals surface area contributed by atoms with Gasteiger partial charge >= 0.3 is 0 Å². The van der Waals surface area contributed by atoms with Crippen molar-refractivity contribution in [2.24, 2.45) is 4.99 Å². The van der Waals surface area contributed by atoms with Crippen LogP contribution in [-0.2, 0) is 6.54 Å². The maximum Gasteiger partial charge on any atom is 0.213 e. The number of nitrogens with zero attached hydrogens (tertiary/aromatic N) is 2. The van der Waals surface area contributed by atoms with E-state index in [0.717, 1.165) is 36.8 Å². The number of rotatable bonds is 5. The van der Waals surface area contributed by atoms with Crippen LogP contribution >= 0.6 is 24.0 Å². The Morgan fingerprint density at radius 3 is 2.48 bits per heavy atom. The van der Waals surface area contributed by atoms with Crippen molar-refractivity contribution in [3.8, 4) is 5.88 Å². The van der Waals surface area contributed by atoms with Gasteiger partial charge in [0, 0.05) is 31.9 Å². The second kappa shape index (κ2) is 10.8. The summed E-state index contributed by atoms with van der Waals surface area (Å²) in [5.74, 6) is 1.63. The molecule has 25 heavy (non-hydrogen) atoms. The monoisotopic (exact) mass is 458 g/mol. The molecule has 0 atom stereocenters. The quantitative estimate of drug-likeness (QED) is 0.398. The van der Waals surface area contributed by atoms with E-state index >= 15 is 0 Å². The summed E-state index contributed by atoms with van der Waals surface area (Å²) in [5, 5.41) is 6.87. The fourth-order valence-corrected chi connectivity index (χ4v) is 3.58. The normalized spacial score (nSPS) is 19.3. The number of hydrogen-bond acceptors (Lipinski definition) is 3. The molecule has 140 valence electrons. The zero-order valence-corrected chi connectivity index (χ0v) is 17.5. The minimum absolute atomic E-state index is 0. The van der Waals surface area contributed by atoms with Gasteiger partial charge in [0.2, 0.25) is 5.88 Å². The first-order chi connectivity index (χ1) is 11.8. The van der Waals surface area contributed by atoms with E-state index in [1.54, 1.807) is 0 Å². The molecule has 0 bridgehead atoms. The molecule has 3 rings (SSSR count). The van der Waals surface area contributed by atoms with Crippen molar-refractivity contribution in [2.75, 3.05) is 7.05 Å². The largest absolute Gasteiger partial charge is 0.474 e. The van der Waals surface area contributed by atoms with E-state index < -0.39 is 0 Å². The van der Waals surface area contributed by atoms with Crippen molar-refractivity contribution in [3.05, 3.63) is 23.9 Å². The zero-order chi connectivity index (χ0) is 16.6. The van der Waals surface area contributed by atoms with Crippen molar-refractivity contribution in [2.45, 2.75) is 76.5 Å². The fraction of sp³-hybridized carbons (Fsp3) is 0.684. The number of aliphatic imine (C=N–C) groups is 1. The summed E-state index contributed by atoms with van der Waals surface area (Å²) in [7, 11) is 1.82. The SMILES string of the molecule is CN=C(NCc1ccc(OC2CCCCC2)nc1)NC1CCCC1.I. The maximum absolute atomic E-state index is 5.98. The Morgan fingerprint density at radius 1 is 1.12 bits per heavy atom. The molecule has 5 nitrogen and oxygen atoms in total. The van der Waals surface area contributed by atoms with E-state index in [2.05, 4.69) is 26.7 Å². The molecule has 2 N–H and O–H groups in total. The van der Waals surface area contributed by atoms with Crippen LogP contribution in [0.15, 0.2) is 23.3 Å². The van der Waals surface area contributed by atoms with E-state index in [0.29, 0.717) is 12.1 Å². The predicted molar refractivity (Wildman–Crippen MR) is 113 cm³/mol. The highest BCUT2D eigenvalue weighted by atomic mass is 127. The van der Waals surface area contributed by atoms with Crippen molar-refractivity contribution < 1.29 is 4.74 Å². The molecule has 2 saturated carbocycles. The van der Waals surface area contributed by atoms with Gasteiger partial charge in [0.1, 0.15) is 6.10 Å². The van der Waals surface area contributed by atoms with Gasteiger partial charge in [-0.2, -0.15) is 0 Å². The Balaban J connectivity index is 0.00000225. The third-order valence-electron chi connectivity index (χ3n) is 5.02. The number of hydrogen-bond donors (Lipinski definition) is 2. The zero-order valence-electron chi connectivity index (χ0n) is 15.2. The lowest BCUT2D eigenvalue weighted by Crippen LogP contribution is -2.41. The first kappa shape index (κ1) is 20.3. The van der Waals surface area contributed by atoms with E-state index in [-0.39, 0.29) is 24.0 Å². The Bertz CT molecular complexity index is 523. The Hall–Kier alpha value is -1.05. The second-order valence-electron chi connectivity index (χ2n) is 6.93. The van der Waals surface area contributed by atoms with Gasteiger partial charge in [0.05, 0.1) is 0 Å². The van der Waals surface area contributed by atoms with Gasteiger partial charge in [-0.15, -0.1) is 24.0 Å². The summed E-state index contributed by atoms with van der Waals surface area (Å²) in [6.45, 7) is 0.725. The lowest BCUT2D eigenvalue weighted by atomic mass is 9.98. The Kier molecular flexibility index (Phi) is 8.78. The topological polar surface area (TPSA) is 58.5 Å². The third kappa shape index (κ3) is 6.64. The predicted octanol–water partition coefficient (Wildman–Crippen LogP) is 4.02. The molecule has 0 saturated heterocycles. The van der Waals surface area contributed by atoms with Gasteiger partial charge in [-0.3, -0.25) is 4.99 Å². The summed E-state index contributed by atoms with van der Waals surface area (Å²) in [5.41, 5.74) is 1.14. The van der Waals surface area contributed by atoms with E-state index in [4.69, 9.17) is 4.74 Å². The van der Waals surface area contributed by atoms with E-state index in [9.17, 15) is 0 Å². The van der Waals surface area contributed by atoms with Gasteiger partial charge in [-0.25, -0.2) is 4.98 Å². The Labute approximate surface area is 168 Å². The first-order valence-corrected chi connectivity index (χ1v) is 9.42. The smallest absolute Gasteiger partial charge is 0.213 e. The number of guanidine groups is 1. The number of pyridine rings is 1. The number of nitrogens with one attached hydrogen (secondary N) is 2. The van der Waals surface area contributed by atoms with E-state index in [1.165, 1.54) is 44.9 Å². The highest BCUT2D eigenvalue weighted by Gasteiger charge is 2.16. The van der Waals surface area contributed by atoms with Crippen LogP contribution in [0.25, 0.3) is 0 Å². The van der Waals surface area contributed by atoms with Crippen molar-refractivity contribution in [3.63, 3.8) is 0 Å². The highest BCUT2D eigenvalue weighted by Crippen LogP contribution is 2.22. The molecule has 0 aromatic carbocycles. The third-order valence-corrected chi connectivity index (χ3v) is 5.02.